The SMILES string of the molecule is Cc1cc(C(=O)NCCc2ccc(OC(F)F)cc2)c(C)s1. The van der Waals surface area contributed by atoms with Crippen molar-refractivity contribution < 1.29 is 18.3 Å². The predicted molar refractivity (Wildman–Crippen MR) is 82.9 cm³/mol. The standard InChI is InChI=1S/C16H17F2NO2S/c1-10-9-14(11(2)22-10)15(20)19-8-7-12-3-5-13(6-4-12)21-16(17)18/h3-6,9,16H,7-8H2,1-2H3,(H,19,20). The van der Waals surface area contributed by atoms with Crippen LogP contribution in [0.1, 0.15) is 25.7 Å². The summed E-state index contributed by atoms with van der Waals surface area (Å²) >= 11 is 1.60. The van der Waals surface area contributed by atoms with Crippen LogP contribution in [0.3, 0.4) is 0 Å². The van der Waals surface area contributed by atoms with Gasteiger partial charge in [0.05, 0.1) is 5.56 Å². The van der Waals surface area contributed by atoms with Gasteiger partial charge in [-0.3, -0.25) is 4.79 Å². The summed E-state index contributed by atoms with van der Waals surface area (Å²) in [6.07, 6.45) is 0.628. The van der Waals surface area contributed by atoms with E-state index >= 15 is 0 Å². The highest BCUT2D eigenvalue weighted by atomic mass is 32.1. The monoisotopic (exact) mass is 325 g/mol. The van der Waals surface area contributed by atoms with E-state index in [1.165, 1.54) is 12.1 Å². The lowest BCUT2D eigenvalue weighted by atomic mass is 10.1. The van der Waals surface area contributed by atoms with Crippen molar-refractivity contribution in [2.24, 2.45) is 0 Å². The molecule has 0 spiro atoms. The average Bonchev–Trinajstić information content (AvgIpc) is 2.79. The smallest absolute Gasteiger partial charge is 0.387 e. The Bertz CT molecular complexity index is 638. The molecule has 118 valence electrons. The second-order valence-electron chi connectivity index (χ2n) is 4.86. The van der Waals surface area contributed by atoms with Gasteiger partial charge in [-0.2, -0.15) is 8.78 Å². The van der Waals surface area contributed by atoms with Gasteiger partial charge in [0.15, 0.2) is 0 Å². The van der Waals surface area contributed by atoms with Crippen molar-refractivity contribution in [1.29, 1.82) is 0 Å². The molecule has 0 aliphatic heterocycles. The van der Waals surface area contributed by atoms with E-state index in [2.05, 4.69) is 10.1 Å². The molecule has 0 atom stereocenters. The largest absolute Gasteiger partial charge is 0.435 e. The fourth-order valence-electron chi connectivity index (χ4n) is 2.11. The molecule has 2 aromatic rings. The van der Waals surface area contributed by atoms with Gasteiger partial charge in [-0.25, -0.2) is 0 Å². The zero-order valence-electron chi connectivity index (χ0n) is 12.4. The molecule has 0 unspecified atom stereocenters. The van der Waals surface area contributed by atoms with E-state index in [1.54, 1.807) is 23.5 Å². The minimum absolute atomic E-state index is 0.0838. The van der Waals surface area contributed by atoms with Crippen LogP contribution in [-0.2, 0) is 6.42 Å². The Labute approximate surface area is 131 Å². The van der Waals surface area contributed by atoms with E-state index in [0.717, 1.165) is 15.3 Å². The van der Waals surface area contributed by atoms with E-state index < -0.39 is 6.61 Å². The third-order valence-corrected chi connectivity index (χ3v) is 4.10. The molecule has 1 amide bonds. The van der Waals surface area contributed by atoms with Gasteiger partial charge in [-0.05, 0) is 44.0 Å². The first-order valence-electron chi connectivity index (χ1n) is 6.84. The topological polar surface area (TPSA) is 38.3 Å². The molecule has 22 heavy (non-hydrogen) atoms. The molecule has 1 N–H and O–H groups in total. The minimum atomic E-state index is -2.82. The molecule has 1 heterocycles. The van der Waals surface area contributed by atoms with Crippen LogP contribution < -0.4 is 10.1 Å². The van der Waals surface area contributed by atoms with Gasteiger partial charge in [0.25, 0.3) is 5.91 Å². The first-order chi connectivity index (χ1) is 10.5. The van der Waals surface area contributed by atoms with Gasteiger partial charge in [0, 0.05) is 16.3 Å². The quantitative estimate of drug-likeness (QED) is 0.873. The summed E-state index contributed by atoms with van der Waals surface area (Å²) in [5.41, 5.74) is 1.66. The molecule has 2 rings (SSSR count). The molecule has 0 radical (unpaired) electrons. The highest BCUT2D eigenvalue weighted by molar-refractivity contribution is 7.12. The van der Waals surface area contributed by atoms with Crippen molar-refractivity contribution in [3.05, 3.63) is 51.2 Å². The summed E-state index contributed by atoms with van der Waals surface area (Å²) in [5.74, 6) is 0.0478. The van der Waals surface area contributed by atoms with Crippen LogP contribution >= 0.6 is 11.3 Å². The number of ether oxygens (including phenoxy) is 1. The molecule has 0 aliphatic carbocycles. The van der Waals surface area contributed by atoms with Gasteiger partial charge in [0.1, 0.15) is 5.75 Å². The molecule has 1 aromatic heterocycles. The van der Waals surface area contributed by atoms with E-state index in [0.29, 0.717) is 18.5 Å². The zero-order chi connectivity index (χ0) is 16.1. The first-order valence-corrected chi connectivity index (χ1v) is 7.66. The lowest BCUT2D eigenvalue weighted by molar-refractivity contribution is -0.0498. The number of thiophene rings is 1. The van der Waals surface area contributed by atoms with Crippen LogP contribution in [0.4, 0.5) is 8.78 Å². The normalized spacial score (nSPS) is 10.8. The Morgan fingerprint density at radius 3 is 2.50 bits per heavy atom. The lowest BCUT2D eigenvalue weighted by Crippen LogP contribution is -2.25. The predicted octanol–water partition coefficient (Wildman–Crippen LogP) is 3.94. The molecule has 0 fully saturated rings. The van der Waals surface area contributed by atoms with Gasteiger partial charge in [-0.15, -0.1) is 11.3 Å². The maximum absolute atomic E-state index is 12.0. The third-order valence-electron chi connectivity index (χ3n) is 3.13. The maximum Gasteiger partial charge on any atom is 0.387 e. The van der Waals surface area contributed by atoms with Crippen molar-refractivity contribution in [3.63, 3.8) is 0 Å². The Kier molecular flexibility index (Phi) is 5.49. The van der Waals surface area contributed by atoms with Crippen LogP contribution in [0.25, 0.3) is 0 Å². The van der Waals surface area contributed by atoms with Crippen LogP contribution in [0.2, 0.25) is 0 Å². The van der Waals surface area contributed by atoms with Crippen LogP contribution in [0, 0.1) is 13.8 Å². The van der Waals surface area contributed by atoms with E-state index in [9.17, 15) is 13.6 Å². The number of nitrogens with one attached hydrogen (secondary N) is 1. The summed E-state index contributed by atoms with van der Waals surface area (Å²) < 4.78 is 28.4. The molecule has 3 nitrogen and oxygen atoms in total. The Balaban J connectivity index is 1.83. The van der Waals surface area contributed by atoms with Crippen molar-refractivity contribution in [3.8, 4) is 5.75 Å². The summed E-state index contributed by atoms with van der Waals surface area (Å²) in [7, 11) is 0. The fraction of sp³-hybridized carbons (Fsp3) is 0.312. The molecular weight excluding hydrogens is 308 g/mol. The average molecular weight is 325 g/mol. The lowest BCUT2D eigenvalue weighted by Gasteiger charge is -2.07. The second-order valence-corrected chi connectivity index (χ2v) is 6.32. The zero-order valence-corrected chi connectivity index (χ0v) is 13.2. The van der Waals surface area contributed by atoms with Crippen molar-refractivity contribution in [1.82, 2.24) is 5.32 Å². The number of rotatable bonds is 6. The Morgan fingerprint density at radius 2 is 1.95 bits per heavy atom. The van der Waals surface area contributed by atoms with Crippen LogP contribution in [-0.4, -0.2) is 19.1 Å². The highest BCUT2D eigenvalue weighted by Crippen LogP contribution is 2.20. The molecule has 6 heteroatoms. The van der Waals surface area contributed by atoms with Crippen molar-refractivity contribution in [2.75, 3.05) is 6.54 Å². The van der Waals surface area contributed by atoms with E-state index in [4.69, 9.17) is 0 Å². The Hall–Kier alpha value is -1.95. The molecular formula is C16H17F2NO2S. The number of alkyl halides is 2. The number of carbonyl (C=O) groups is 1. The fourth-order valence-corrected chi connectivity index (χ4v) is 3.03. The number of aryl methyl sites for hydroxylation is 2. The number of carbonyl (C=O) groups excluding carboxylic acids is 1. The summed E-state index contributed by atoms with van der Waals surface area (Å²) in [5, 5.41) is 2.86. The highest BCUT2D eigenvalue weighted by Gasteiger charge is 2.11. The molecule has 0 saturated carbocycles. The van der Waals surface area contributed by atoms with Crippen molar-refractivity contribution >= 4 is 17.2 Å². The molecule has 1 aromatic carbocycles. The third kappa shape index (κ3) is 4.53. The van der Waals surface area contributed by atoms with Gasteiger partial charge in [0.2, 0.25) is 0 Å². The van der Waals surface area contributed by atoms with E-state index in [1.807, 2.05) is 19.9 Å². The first kappa shape index (κ1) is 16.4. The van der Waals surface area contributed by atoms with Gasteiger partial charge < -0.3 is 10.1 Å². The second kappa shape index (κ2) is 7.35. The summed E-state index contributed by atoms with van der Waals surface area (Å²) in [6.45, 7) is 1.57. The van der Waals surface area contributed by atoms with Crippen LogP contribution in [0.5, 0.6) is 5.75 Å². The number of amides is 1. The minimum Gasteiger partial charge on any atom is -0.435 e. The van der Waals surface area contributed by atoms with Gasteiger partial charge >= 0.3 is 6.61 Å². The molecule has 0 saturated heterocycles. The van der Waals surface area contributed by atoms with E-state index in [-0.39, 0.29) is 11.7 Å². The summed E-state index contributed by atoms with van der Waals surface area (Å²) in [6, 6.07) is 8.30. The number of hydrogen-bond acceptors (Lipinski definition) is 3. The molecule has 0 aliphatic rings. The summed E-state index contributed by atoms with van der Waals surface area (Å²) in [4.78, 5) is 14.1. The molecule has 0 bridgehead atoms. The Morgan fingerprint density at radius 1 is 1.27 bits per heavy atom. The number of hydrogen-bond donors (Lipinski definition) is 1. The van der Waals surface area contributed by atoms with Crippen LogP contribution in [0.15, 0.2) is 30.3 Å². The van der Waals surface area contributed by atoms with Crippen molar-refractivity contribution in [2.45, 2.75) is 26.9 Å². The number of halogens is 2. The maximum atomic E-state index is 12.0. The number of benzene rings is 1. The van der Waals surface area contributed by atoms with Gasteiger partial charge in [-0.1, -0.05) is 12.1 Å².